The summed E-state index contributed by atoms with van der Waals surface area (Å²) >= 11 is 0. The Morgan fingerprint density at radius 2 is 1.86 bits per heavy atom. The van der Waals surface area contributed by atoms with Crippen LogP contribution in [0.15, 0.2) is 71.9 Å². The second-order valence-electron chi connectivity index (χ2n) is 9.47. The molecule has 0 unspecified atom stereocenters. The highest BCUT2D eigenvalue weighted by Crippen LogP contribution is 2.21. The number of nitrogens with one attached hydrogen (secondary N) is 1. The average molecular weight is 572 g/mol. The number of amidine groups is 1. The molecular weight excluding hydrogens is 538 g/mol. The van der Waals surface area contributed by atoms with Crippen molar-refractivity contribution in [3.63, 3.8) is 0 Å². The van der Waals surface area contributed by atoms with E-state index in [9.17, 15) is 14.4 Å². The van der Waals surface area contributed by atoms with Crippen LogP contribution in [-0.2, 0) is 23.1 Å². The largest absolute Gasteiger partial charge is 0.481 e. The van der Waals surface area contributed by atoms with Crippen LogP contribution >= 0.6 is 0 Å². The molecule has 2 heterocycles. The zero-order valence-corrected chi connectivity index (χ0v) is 23.5. The van der Waals surface area contributed by atoms with Crippen LogP contribution in [0.1, 0.15) is 47.9 Å². The Morgan fingerprint density at radius 3 is 2.55 bits per heavy atom. The van der Waals surface area contributed by atoms with Gasteiger partial charge in [-0.1, -0.05) is 19.4 Å². The summed E-state index contributed by atoms with van der Waals surface area (Å²) in [4.78, 5) is 50.5. The molecule has 2 amide bonds. The molecule has 0 aliphatic rings. The van der Waals surface area contributed by atoms with Crippen LogP contribution in [0, 0.1) is 0 Å². The Bertz CT molecular complexity index is 1580. The predicted octanol–water partition coefficient (Wildman–Crippen LogP) is 4.34. The first-order chi connectivity index (χ1) is 20.3. The number of aryl methyl sites for hydroxylation is 1. The zero-order chi connectivity index (χ0) is 30.1. The number of anilines is 2. The molecule has 12 heteroatoms. The number of aliphatic carboxylic acids is 1. The summed E-state index contributed by atoms with van der Waals surface area (Å²) in [7, 11) is 1.89. The maximum absolute atomic E-state index is 13.4. The lowest BCUT2D eigenvalue weighted by molar-refractivity contribution is -0.136. The predicted molar refractivity (Wildman–Crippen MR) is 160 cm³/mol. The van der Waals surface area contributed by atoms with Crippen molar-refractivity contribution in [2.75, 3.05) is 23.4 Å². The number of aromatic nitrogens is 3. The number of ether oxygens (including phenoxy) is 1. The Balaban J connectivity index is 1.45. The Morgan fingerprint density at radius 1 is 1.10 bits per heavy atom. The fraction of sp³-hybridized carbons (Fsp3) is 0.267. The van der Waals surface area contributed by atoms with Crippen LogP contribution in [-0.4, -0.2) is 56.6 Å². The third-order valence-corrected chi connectivity index (χ3v) is 6.51. The monoisotopic (exact) mass is 571 g/mol. The lowest BCUT2D eigenvalue weighted by Gasteiger charge is -2.21. The van der Waals surface area contributed by atoms with Gasteiger partial charge in [-0.25, -0.2) is 14.8 Å². The highest BCUT2D eigenvalue weighted by atomic mass is 16.5. The van der Waals surface area contributed by atoms with Crippen molar-refractivity contribution in [1.82, 2.24) is 14.5 Å². The van der Waals surface area contributed by atoms with Crippen molar-refractivity contribution in [2.24, 2.45) is 17.8 Å². The van der Waals surface area contributed by atoms with Crippen molar-refractivity contribution < 1.29 is 24.2 Å². The summed E-state index contributed by atoms with van der Waals surface area (Å²) in [5, 5.41) is 12.5. The average Bonchev–Trinajstić information content (AvgIpc) is 3.31. The molecule has 0 fully saturated rings. The minimum atomic E-state index is -1.00. The van der Waals surface area contributed by atoms with E-state index < -0.39 is 12.1 Å². The molecule has 2 aromatic heterocycles. The molecule has 4 aromatic rings. The number of nitrogens with zero attached hydrogens (tertiary/aromatic N) is 5. The van der Waals surface area contributed by atoms with Crippen LogP contribution in [0.25, 0.3) is 11.0 Å². The third kappa shape index (κ3) is 7.47. The number of rotatable bonds is 12. The number of nitrogens with two attached hydrogens (primary N) is 1. The first-order valence-corrected chi connectivity index (χ1v) is 13.5. The molecule has 0 saturated heterocycles. The maximum atomic E-state index is 13.4. The number of fused-ring (bicyclic) bond motifs is 1. The molecule has 0 spiro atoms. The molecule has 218 valence electrons. The van der Waals surface area contributed by atoms with Gasteiger partial charge in [0.1, 0.15) is 17.5 Å². The van der Waals surface area contributed by atoms with E-state index in [4.69, 9.17) is 20.6 Å². The van der Waals surface area contributed by atoms with Gasteiger partial charge in [0.2, 0.25) is 0 Å². The number of carboxylic acid groups (broad SMARTS) is 1. The Kier molecular flexibility index (Phi) is 9.82. The van der Waals surface area contributed by atoms with E-state index in [2.05, 4.69) is 15.3 Å². The molecule has 0 aliphatic carbocycles. The number of unbranched alkanes of at least 4 members (excludes halogenated alkanes) is 1. The molecule has 2 aromatic carbocycles. The second kappa shape index (κ2) is 13.9. The third-order valence-electron chi connectivity index (χ3n) is 6.51. The van der Waals surface area contributed by atoms with Crippen LogP contribution in [0.2, 0.25) is 0 Å². The van der Waals surface area contributed by atoms with Crippen LogP contribution in [0.4, 0.5) is 16.3 Å². The van der Waals surface area contributed by atoms with Gasteiger partial charge in [-0.3, -0.25) is 14.5 Å². The quantitative estimate of drug-likeness (QED) is 0.127. The molecule has 4 rings (SSSR count). The molecule has 0 saturated carbocycles. The number of amides is 2. The summed E-state index contributed by atoms with van der Waals surface area (Å²) in [5.74, 6) is -0.176. The maximum Gasteiger partial charge on any atom is 0.435 e. The van der Waals surface area contributed by atoms with Gasteiger partial charge in [-0.05, 0) is 61.0 Å². The lowest BCUT2D eigenvalue weighted by Crippen LogP contribution is -2.33. The van der Waals surface area contributed by atoms with Gasteiger partial charge in [0, 0.05) is 36.6 Å². The van der Waals surface area contributed by atoms with E-state index in [1.54, 1.807) is 48.7 Å². The highest BCUT2D eigenvalue weighted by molar-refractivity contribution is 6.07. The number of pyridine rings is 1. The molecule has 4 N–H and O–H groups in total. The van der Waals surface area contributed by atoms with Crippen LogP contribution < -0.4 is 16.0 Å². The molecule has 0 atom stereocenters. The molecule has 12 nitrogen and oxygen atoms in total. The van der Waals surface area contributed by atoms with Gasteiger partial charge in [-0.15, -0.1) is 0 Å². The topological polar surface area (TPSA) is 165 Å². The van der Waals surface area contributed by atoms with Gasteiger partial charge < -0.3 is 25.5 Å². The standard InChI is InChI=1S/C30H33N7O5/c1-3-4-17-42-30(41)35-28(31)20-8-11-22(12-9-20)33-19-26-34-23-18-21(10-13-24(23)36(26)2)29(40)37(16-14-27(38)39)25-7-5-6-15-32-25/h5-13,15,18,33H,3-4,14,16-17,19H2,1-2H3,(H,38,39)(H2,31,35,41). The smallest absolute Gasteiger partial charge is 0.435 e. The first kappa shape index (κ1) is 29.7. The van der Waals surface area contributed by atoms with Gasteiger partial charge in [0.15, 0.2) is 0 Å². The molecular formula is C30H33N7O5. The number of carboxylic acids is 1. The number of benzene rings is 2. The van der Waals surface area contributed by atoms with Gasteiger partial charge >= 0.3 is 12.1 Å². The Labute approximate surface area is 242 Å². The summed E-state index contributed by atoms with van der Waals surface area (Å²) < 4.78 is 6.95. The number of imidazole rings is 1. The van der Waals surface area contributed by atoms with Crippen LogP contribution in [0.3, 0.4) is 0 Å². The number of carbonyl (C=O) groups is 3. The van der Waals surface area contributed by atoms with Crippen molar-refractivity contribution in [2.45, 2.75) is 32.7 Å². The summed E-state index contributed by atoms with van der Waals surface area (Å²) in [6.07, 6.45) is 2.32. The fourth-order valence-corrected chi connectivity index (χ4v) is 4.18. The van der Waals surface area contributed by atoms with Crippen molar-refractivity contribution in [3.8, 4) is 0 Å². The number of carbonyl (C=O) groups excluding carboxylic acids is 2. The van der Waals surface area contributed by atoms with E-state index >= 15 is 0 Å². The van der Waals surface area contributed by atoms with Crippen molar-refractivity contribution in [1.29, 1.82) is 0 Å². The summed E-state index contributed by atoms with van der Waals surface area (Å²) in [6, 6.07) is 17.5. The zero-order valence-electron chi connectivity index (χ0n) is 23.5. The summed E-state index contributed by atoms with van der Waals surface area (Å²) in [5.41, 5.74) is 9.20. The van der Waals surface area contributed by atoms with Crippen molar-refractivity contribution in [3.05, 3.63) is 83.8 Å². The minimum absolute atomic E-state index is 0.0139. The van der Waals surface area contributed by atoms with Gasteiger partial charge in [-0.2, -0.15) is 4.99 Å². The van der Waals surface area contributed by atoms with E-state index in [0.29, 0.717) is 35.6 Å². The van der Waals surface area contributed by atoms with Gasteiger partial charge in [0.05, 0.1) is 30.6 Å². The highest BCUT2D eigenvalue weighted by Gasteiger charge is 2.21. The number of hydrogen-bond donors (Lipinski definition) is 3. The Hall–Kier alpha value is -5.26. The van der Waals surface area contributed by atoms with E-state index in [-0.39, 0.29) is 24.7 Å². The molecule has 0 aliphatic heterocycles. The lowest BCUT2D eigenvalue weighted by atomic mass is 10.1. The van der Waals surface area contributed by atoms with E-state index in [1.807, 2.05) is 36.7 Å². The van der Waals surface area contributed by atoms with Gasteiger partial charge in [0.25, 0.3) is 5.91 Å². The SMILES string of the molecule is CCCCOC(=O)/N=C(\N)c1ccc(NCc2nc3cc(C(=O)N(CCC(=O)O)c4ccccn4)ccc3n2C)cc1. The number of aliphatic imine (C=N–C) groups is 1. The molecule has 42 heavy (non-hydrogen) atoms. The van der Waals surface area contributed by atoms with Crippen molar-refractivity contribution >= 4 is 46.3 Å². The first-order valence-electron chi connectivity index (χ1n) is 13.5. The molecule has 0 bridgehead atoms. The minimum Gasteiger partial charge on any atom is -0.481 e. The number of hydrogen-bond acceptors (Lipinski definition) is 7. The fourth-order valence-electron chi connectivity index (χ4n) is 4.18. The van der Waals surface area contributed by atoms with E-state index in [1.165, 1.54) is 4.90 Å². The summed E-state index contributed by atoms with van der Waals surface area (Å²) in [6.45, 7) is 2.70. The normalized spacial score (nSPS) is 11.3. The molecule has 0 radical (unpaired) electrons. The van der Waals surface area contributed by atoms with Crippen LogP contribution in [0.5, 0.6) is 0 Å². The second-order valence-corrected chi connectivity index (χ2v) is 9.47. The van der Waals surface area contributed by atoms with E-state index in [0.717, 1.165) is 29.9 Å².